The predicted molar refractivity (Wildman–Crippen MR) is 142 cm³/mol. The number of ether oxygens (including phenoxy) is 3. The highest BCUT2D eigenvalue weighted by molar-refractivity contribution is 5.77. The molecule has 0 aromatic heterocycles. The lowest BCUT2D eigenvalue weighted by atomic mass is 9.73. The maximum absolute atomic E-state index is 13.4. The van der Waals surface area contributed by atoms with Gasteiger partial charge < -0.3 is 19.3 Å². The van der Waals surface area contributed by atoms with Gasteiger partial charge in [0, 0.05) is 25.7 Å². The monoisotopic (exact) mass is 566 g/mol. The van der Waals surface area contributed by atoms with Crippen molar-refractivity contribution >= 4 is 11.9 Å². The van der Waals surface area contributed by atoms with Crippen LogP contribution < -0.4 is 0 Å². The van der Waals surface area contributed by atoms with Crippen molar-refractivity contribution in [2.45, 2.75) is 98.5 Å². The molecule has 2 fully saturated rings. The van der Waals surface area contributed by atoms with Crippen molar-refractivity contribution in [1.82, 2.24) is 0 Å². The lowest BCUT2D eigenvalue weighted by molar-refractivity contribution is -0.170. The summed E-state index contributed by atoms with van der Waals surface area (Å²) in [4.78, 5) is 23.8. The van der Waals surface area contributed by atoms with Crippen molar-refractivity contribution < 1.29 is 46.5 Å². The maximum Gasteiger partial charge on any atom is 0.314 e. The molecule has 2 saturated carbocycles. The van der Waals surface area contributed by atoms with Gasteiger partial charge in [0.1, 0.15) is 0 Å². The number of rotatable bonds is 9. The number of halogens is 4. The number of esters is 2. The Hall–Kier alpha value is -2.20. The van der Waals surface area contributed by atoms with Gasteiger partial charge in [-0.05, 0) is 45.1 Å². The molecule has 39 heavy (non-hydrogen) atoms. The molecule has 0 atom stereocenters. The predicted octanol–water partition coefficient (Wildman–Crippen LogP) is 6.97. The molecule has 1 N–H and O–H groups in total. The molecule has 0 amide bonds. The van der Waals surface area contributed by atoms with Gasteiger partial charge in [-0.2, -0.15) is 0 Å². The van der Waals surface area contributed by atoms with E-state index in [-0.39, 0.29) is 86.0 Å². The average molecular weight is 567 g/mol. The van der Waals surface area contributed by atoms with E-state index in [1.54, 1.807) is 13.8 Å². The molecule has 3 rings (SSSR count). The Bertz CT molecular complexity index is 843. The van der Waals surface area contributed by atoms with Crippen LogP contribution in [0, 0.1) is 10.8 Å². The van der Waals surface area contributed by atoms with Crippen LogP contribution in [0.5, 0.6) is 0 Å². The molecule has 0 bridgehead atoms. The standard InChI is InChI=1S/C17H22F2O3.C10H16F2O3.2CH4/c1-2-22-15(20)16(8-10-17(18,19)11-9-16)13-21-12-14-6-4-3-5-7-14;1-2-15-8(14)9(7-13)3-5-10(11,12)6-4-9;;/h3-7H,2,8-13H2,1H3;13H,2-7H2,1H3;2*1H4. The van der Waals surface area contributed by atoms with Crippen molar-refractivity contribution in [3.05, 3.63) is 35.9 Å². The van der Waals surface area contributed by atoms with Gasteiger partial charge in [0.05, 0.1) is 43.9 Å². The van der Waals surface area contributed by atoms with Crippen molar-refractivity contribution in [3.63, 3.8) is 0 Å². The Balaban J connectivity index is 0.000000752. The molecule has 10 heteroatoms. The first-order valence-corrected chi connectivity index (χ1v) is 12.8. The van der Waals surface area contributed by atoms with Crippen molar-refractivity contribution in [1.29, 1.82) is 0 Å². The van der Waals surface area contributed by atoms with Gasteiger partial charge in [-0.15, -0.1) is 0 Å². The first kappa shape index (κ1) is 36.8. The summed E-state index contributed by atoms with van der Waals surface area (Å²) in [6, 6.07) is 9.56. The fraction of sp³-hybridized carbons (Fsp3) is 0.724. The second kappa shape index (κ2) is 16.2. The summed E-state index contributed by atoms with van der Waals surface area (Å²) in [7, 11) is 0. The second-order valence-electron chi connectivity index (χ2n) is 9.85. The molecule has 0 heterocycles. The normalized spacial score (nSPS) is 20.1. The molecule has 0 radical (unpaired) electrons. The molecular formula is C29H46F4O6. The van der Waals surface area contributed by atoms with E-state index in [1.807, 2.05) is 30.3 Å². The number of benzene rings is 1. The lowest BCUT2D eigenvalue weighted by Gasteiger charge is -2.37. The fourth-order valence-corrected chi connectivity index (χ4v) is 4.53. The summed E-state index contributed by atoms with van der Waals surface area (Å²) in [6.07, 6.45) is -1.09. The molecule has 1 aromatic carbocycles. The highest BCUT2D eigenvalue weighted by Gasteiger charge is 2.49. The fourth-order valence-electron chi connectivity index (χ4n) is 4.53. The molecule has 0 unspecified atom stereocenters. The number of alkyl halides is 4. The molecule has 2 aliphatic rings. The third-order valence-corrected chi connectivity index (χ3v) is 7.09. The van der Waals surface area contributed by atoms with Crippen molar-refractivity contribution in [3.8, 4) is 0 Å². The van der Waals surface area contributed by atoms with Crippen LogP contribution in [-0.4, -0.2) is 55.3 Å². The second-order valence-corrected chi connectivity index (χ2v) is 9.85. The van der Waals surface area contributed by atoms with E-state index < -0.39 is 41.2 Å². The quantitative estimate of drug-likeness (QED) is 0.257. The molecule has 0 spiro atoms. The Morgan fingerprint density at radius 2 is 1.15 bits per heavy atom. The van der Waals surface area contributed by atoms with E-state index in [4.69, 9.17) is 19.3 Å². The van der Waals surface area contributed by atoms with Crippen LogP contribution in [0.25, 0.3) is 0 Å². The van der Waals surface area contributed by atoms with Gasteiger partial charge in [0.15, 0.2) is 0 Å². The SMILES string of the molecule is C.C.CCOC(=O)C1(CO)CCC(F)(F)CC1.CCOC(=O)C1(COCc2ccccc2)CCC(F)(F)CC1. The minimum atomic E-state index is -2.70. The smallest absolute Gasteiger partial charge is 0.314 e. The number of aliphatic hydroxyl groups excluding tert-OH is 1. The van der Waals surface area contributed by atoms with Crippen LogP contribution >= 0.6 is 0 Å². The topological polar surface area (TPSA) is 82.1 Å². The first-order chi connectivity index (χ1) is 17.4. The van der Waals surface area contributed by atoms with Crippen LogP contribution in [0.2, 0.25) is 0 Å². The first-order valence-electron chi connectivity index (χ1n) is 12.8. The average Bonchev–Trinajstić information content (AvgIpc) is 2.87. The van der Waals surface area contributed by atoms with E-state index in [0.717, 1.165) is 5.56 Å². The summed E-state index contributed by atoms with van der Waals surface area (Å²) < 4.78 is 68.1. The number of aliphatic hydroxyl groups is 1. The van der Waals surface area contributed by atoms with E-state index >= 15 is 0 Å². The summed E-state index contributed by atoms with van der Waals surface area (Å²) in [6.45, 7) is 3.89. The highest BCUT2D eigenvalue weighted by atomic mass is 19.3. The lowest BCUT2D eigenvalue weighted by Crippen LogP contribution is -2.43. The molecule has 2 aliphatic carbocycles. The molecule has 226 valence electrons. The summed E-state index contributed by atoms with van der Waals surface area (Å²) in [5.41, 5.74) is -1.05. The number of carbonyl (C=O) groups is 2. The zero-order valence-electron chi connectivity index (χ0n) is 21.6. The van der Waals surface area contributed by atoms with Gasteiger partial charge in [0.25, 0.3) is 0 Å². The largest absolute Gasteiger partial charge is 0.465 e. The molecule has 6 nitrogen and oxygen atoms in total. The molecule has 1 aromatic rings. The minimum absolute atomic E-state index is 0. The summed E-state index contributed by atoms with van der Waals surface area (Å²) >= 11 is 0. The molecule has 0 saturated heterocycles. The van der Waals surface area contributed by atoms with Crippen LogP contribution in [0.4, 0.5) is 17.6 Å². The van der Waals surface area contributed by atoms with Gasteiger partial charge in [-0.1, -0.05) is 45.2 Å². The summed E-state index contributed by atoms with van der Waals surface area (Å²) in [5.74, 6) is -6.36. The van der Waals surface area contributed by atoms with E-state index in [0.29, 0.717) is 6.61 Å². The van der Waals surface area contributed by atoms with Gasteiger partial charge in [-0.3, -0.25) is 9.59 Å². The molecular weight excluding hydrogens is 520 g/mol. The molecule has 0 aliphatic heterocycles. The van der Waals surface area contributed by atoms with Gasteiger partial charge >= 0.3 is 11.9 Å². The third kappa shape index (κ3) is 10.7. The number of hydrogen-bond donors (Lipinski definition) is 1. The maximum atomic E-state index is 13.4. The Labute approximate surface area is 230 Å². The van der Waals surface area contributed by atoms with E-state index in [9.17, 15) is 27.2 Å². The van der Waals surface area contributed by atoms with Crippen LogP contribution in [-0.2, 0) is 30.4 Å². The van der Waals surface area contributed by atoms with Crippen molar-refractivity contribution in [2.75, 3.05) is 26.4 Å². The van der Waals surface area contributed by atoms with Gasteiger partial charge in [0.2, 0.25) is 11.8 Å². The van der Waals surface area contributed by atoms with Crippen LogP contribution in [0.15, 0.2) is 30.3 Å². The number of hydrogen-bond acceptors (Lipinski definition) is 6. The van der Waals surface area contributed by atoms with Crippen LogP contribution in [0.1, 0.15) is 85.6 Å². The number of carbonyl (C=O) groups excluding carboxylic acids is 2. The van der Waals surface area contributed by atoms with Crippen molar-refractivity contribution in [2.24, 2.45) is 10.8 Å². The van der Waals surface area contributed by atoms with Crippen LogP contribution in [0.3, 0.4) is 0 Å². The Morgan fingerprint density at radius 1 is 0.744 bits per heavy atom. The van der Waals surface area contributed by atoms with E-state index in [1.165, 1.54) is 0 Å². The zero-order valence-corrected chi connectivity index (χ0v) is 21.6. The highest BCUT2D eigenvalue weighted by Crippen LogP contribution is 2.45. The Morgan fingerprint density at radius 3 is 1.56 bits per heavy atom. The zero-order chi connectivity index (χ0) is 27.6. The van der Waals surface area contributed by atoms with Gasteiger partial charge in [-0.25, -0.2) is 17.6 Å². The minimum Gasteiger partial charge on any atom is -0.465 e. The summed E-state index contributed by atoms with van der Waals surface area (Å²) in [5, 5.41) is 9.16. The van der Waals surface area contributed by atoms with E-state index in [2.05, 4.69) is 0 Å². The Kier molecular flexibility index (Phi) is 15.2. The third-order valence-electron chi connectivity index (χ3n) is 7.09.